The van der Waals surface area contributed by atoms with Gasteiger partial charge in [-0.1, -0.05) is 13.8 Å². The molecule has 1 saturated heterocycles. The van der Waals surface area contributed by atoms with Gasteiger partial charge in [-0.3, -0.25) is 9.69 Å². The van der Waals surface area contributed by atoms with E-state index in [0.29, 0.717) is 18.4 Å². The van der Waals surface area contributed by atoms with Crippen molar-refractivity contribution in [2.45, 2.75) is 39.3 Å². The van der Waals surface area contributed by atoms with Gasteiger partial charge in [-0.15, -0.1) is 0 Å². The van der Waals surface area contributed by atoms with E-state index in [1.807, 2.05) is 17.0 Å². The molecule has 21 heavy (non-hydrogen) atoms. The number of furan rings is 1. The molecule has 5 nitrogen and oxygen atoms in total. The number of piperazine rings is 1. The molecule has 2 heterocycles. The topological polar surface area (TPSA) is 48.7 Å². The Balaban J connectivity index is 1.62. The first kappa shape index (κ1) is 16.0. The normalized spacial score (nSPS) is 16.6. The van der Waals surface area contributed by atoms with E-state index in [4.69, 9.17) is 4.42 Å². The van der Waals surface area contributed by atoms with Gasteiger partial charge in [0.2, 0.25) is 5.91 Å². The Morgan fingerprint density at radius 2 is 2.10 bits per heavy atom. The minimum absolute atomic E-state index is 0.290. The van der Waals surface area contributed by atoms with Crippen LogP contribution in [0.2, 0.25) is 0 Å². The summed E-state index contributed by atoms with van der Waals surface area (Å²) >= 11 is 0. The van der Waals surface area contributed by atoms with Crippen molar-refractivity contribution in [2.75, 3.05) is 32.7 Å². The average Bonchev–Trinajstić information content (AvgIpc) is 2.97. The molecule has 1 aliphatic heterocycles. The summed E-state index contributed by atoms with van der Waals surface area (Å²) in [6.07, 6.45) is 3.28. The second-order valence-corrected chi connectivity index (χ2v) is 5.95. The van der Waals surface area contributed by atoms with E-state index in [1.54, 1.807) is 6.26 Å². The SMILES string of the molecule is CC(C)NCCCC(=O)N1CCN(Cc2ccco2)CC1. The number of amides is 1. The van der Waals surface area contributed by atoms with Gasteiger partial charge in [-0.25, -0.2) is 0 Å². The third-order valence-electron chi connectivity index (χ3n) is 3.80. The molecular weight excluding hydrogens is 266 g/mol. The molecule has 5 heteroatoms. The van der Waals surface area contributed by atoms with Crippen LogP contribution in [0.4, 0.5) is 0 Å². The summed E-state index contributed by atoms with van der Waals surface area (Å²) < 4.78 is 5.37. The second-order valence-electron chi connectivity index (χ2n) is 5.95. The van der Waals surface area contributed by atoms with E-state index < -0.39 is 0 Å². The lowest BCUT2D eigenvalue weighted by Crippen LogP contribution is -2.48. The number of carbonyl (C=O) groups is 1. The van der Waals surface area contributed by atoms with Gasteiger partial charge >= 0.3 is 0 Å². The molecule has 1 aromatic heterocycles. The summed E-state index contributed by atoms with van der Waals surface area (Å²) in [6.45, 7) is 9.52. The maximum Gasteiger partial charge on any atom is 0.222 e. The second kappa shape index (κ2) is 8.20. The van der Waals surface area contributed by atoms with Crippen LogP contribution in [0.25, 0.3) is 0 Å². The fourth-order valence-corrected chi connectivity index (χ4v) is 2.57. The van der Waals surface area contributed by atoms with E-state index in [-0.39, 0.29) is 0 Å². The predicted octanol–water partition coefficient (Wildman–Crippen LogP) is 1.70. The smallest absolute Gasteiger partial charge is 0.222 e. The Bertz CT molecular complexity index is 409. The van der Waals surface area contributed by atoms with E-state index in [2.05, 4.69) is 24.1 Å². The van der Waals surface area contributed by atoms with Crippen LogP contribution in [-0.4, -0.2) is 54.5 Å². The zero-order valence-corrected chi connectivity index (χ0v) is 13.2. The number of nitrogens with zero attached hydrogens (tertiary/aromatic N) is 2. The van der Waals surface area contributed by atoms with Gasteiger partial charge in [0, 0.05) is 38.6 Å². The van der Waals surface area contributed by atoms with E-state index in [9.17, 15) is 4.79 Å². The first-order chi connectivity index (χ1) is 10.1. The molecule has 0 aromatic carbocycles. The van der Waals surface area contributed by atoms with E-state index in [0.717, 1.165) is 51.4 Å². The van der Waals surface area contributed by atoms with Gasteiger partial charge in [0.05, 0.1) is 12.8 Å². The van der Waals surface area contributed by atoms with Crippen LogP contribution in [0.5, 0.6) is 0 Å². The number of nitrogens with one attached hydrogen (secondary N) is 1. The third kappa shape index (κ3) is 5.52. The fourth-order valence-electron chi connectivity index (χ4n) is 2.57. The van der Waals surface area contributed by atoms with Crippen molar-refractivity contribution < 1.29 is 9.21 Å². The molecular formula is C16H27N3O2. The first-order valence-electron chi connectivity index (χ1n) is 7.91. The van der Waals surface area contributed by atoms with Crippen molar-refractivity contribution in [3.63, 3.8) is 0 Å². The van der Waals surface area contributed by atoms with E-state index in [1.165, 1.54) is 0 Å². The average molecular weight is 293 g/mol. The Morgan fingerprint density at radius 1 is 1.33 bits per heavy atom. The number of hydrogen-bond donors (Lipinski definition) is 1. The quantitative estimate of drug-likeness (QED) is 0.778. The van der Waals surface area contributed by atoms with Gasteiger partial charge in [-0.2, -0.15) is 0 Å². The molecule has 0 saturated carbocycles. The summed E-state index contributed by atoms with van der Waals surface area (Å²) in [5.41, 5.74) is 0. The molecule has 0 spiro atoms. The molecule has 1 amide bonds. The monoisotopic (exact) mass is 293 g/mol. The van der Waals surface area contributed by atoms with Crippen LogP contribution in [0.3, 0.4) is 0 Å². The van der Waals surface area contributed by atoms with Gasteiger partial charge in [0.15, 0.2) is 0 Å². The Labute approximate surface area is 127 Å². The van der Waals surface area contributed by atoms with Crippen LogP contribution >= 0.6 is 0 Å². The van der Waals surface area contributed by atoms with Gasteiger partial charge < -0.3 is 14.6 Å². The van der Waals surface area contributed by atoms with Crippen LogP contribution in [-0.2, 0) is 11.3 Å². The van der Waals surface area contributed by atoms with Crippen molar-refractivity contribution in [3.05, 3.63) is 24.2 Å². The highest BCUT2D eigenvalue weighted by Gasteiger charge is 2.21. The molecule has 0 unspecified atom stereocenters. The summed E-state index contributed by atoms with van der Waals surface area (Å²) in [6, 6.07) is 4.41. The van der Waals surface area contributed by atoms with E-state index >= 15 is 0 Å². The Hall–Kier alpha value is -1.33. The Kier molecular flexibility index (Phi) is 6.26. The molecule has 0 aliphatic carbocycles. The summed E-state index contributed by atoms with van der Waals surface area (Å²) in [4.78, 5) is 16.5. The van der Waals surface area contributed by atoms with Crippen LogP contribution in [0.15, 0.2) is 22.8 Å². The van der Waals surface area contributed by atoms with Gasteiger partial charge in [0.1, 0.15) is 5.76 Å². The molecule has 1 N–H and O–H groups in total. The molecule has 1 aromatic rings. The van der Waals surface area contributed by atoms with Crippen LogP contribution in [0, 0.1) is 0 Å². The molecule has 1 aliphatic rings. The standard InChI is InChI=1S/C16H27N3O2/c1-14(2)17-7-3-6-16(20)19-10-8-18(9-11-19)13-15-5-4-12-21-15/h4-5,12,14,17H,3,6-11,13H2,1-2H3. The van der Waals surface area contributed by atoms with Crippen molar-refractivity contribution in [3.8, 4) is 0 Å². The molecule has 1 fully saturated rings. The third-order valence-corrected chi connectivity index (χ3v) is 3.80. The van der Waals surface area contributed by atoms with Crippen molar-refractivity contribution in [2.24, 2.45) is 0 Å². The van der Waals surface area contributed by atoms with Crippen LogP contribution < -0.4 is 5.32 Å². The highest BCUT2D eigenvalue weighted by Crippen LogP contribution is 2.10. The largest absolute Gasteiger partial charge is 0.468 e. The summed E-state index contributed by atoms with van der Waals surface area (Å²) in [5.74, 6) is 1.28. The molecule has 0 bridgehead atoms. The van der Waals surface area contributed by atoms with Crippen molar-refractivity contribution in [1.82, 2.24) is 15.1 Å². The molecule has 0 atom stereocenters. The van der Waals surface area contributed by atoms with Gasteiger partial charge in [0.25, 0.3) is 0 Å². The van der Waals surface area contributed by atoms with Crippen molar-refractivity contribution >= 4 is 5.91 Å². The molecule has 0 radical (unpaired) electrons. The number of carbonyl (C=O) groups excluding carboxylic acids is 1. The Morgan fingerprint density at radius 3 is 2.71 bits per heavy atom. The lowest BCUT2D eigenvalue weighted by Gasteiger charge is -2.34. The minimum Gasteiger partial charge on any atom is -0.468 e. The number of hydrogen-bond acceptors (Lipinski definition) is 4. The van der Waals surface area contributed by atoms with Gasteiger partial charge in [-0.05, 0) is 25.1 Å². The summed E-state index contributed by atoms with van der Waals surface area (Å²) in [5, 5.41) is 3.35. The molecule has 118 valence electrons. The lowest BCUT2D eigenvalue weighted by atomic mass is 10.2. The lowest BCUT2D eigenvalue weighted by molar-refractivity contribution is -0.133. The fraction of sp³-hybridized carbons (Fsp3) is 0.688. The molecule has 2 rings (SSSR count). The zero-order chi connectivity index (χ0) is 15.1. The maximum absolute atomic E-state index is 12.1. The van der Waals surface area contributed by atoms with Crippen LogP contribution in [0.1, 0.15) is 32.4 Å². The predicted molar refractivity (Wildman–Crippen MR) is 82.9 cm³/mol. The van der Waals surface area contributed by atoms with Crippen molar-refractivity contribution in [1.29, 1.82) is 0 Å². The first-order valence-corrected chi connectivity index (χ1v) is 7.91. The highest BCUT2D eigenvalue weighted by atomic mass is 16.3. The maximum atomic E-state index is 12.1. The number of rotatable bonds is 7. The minimum atomic E-state index is 0.290. The summed E-state index contributed by atoms with van der Waals surface area (Å²) in [7, 11) is 0. The highest BCUT2D eigenvalue weighted by molar-refractivity contribution is 5.76. The zero-order valence-electron chi connectivity index (χ0n) is 13.2.